The fourth-order valence-electron chi connectivity index (χ4n) is 4.75. The minimum atomic E-state index is -0.277. The summed E-state index contributed by atoms with van der Waals surface area (Å²) in [5.41, 5.74) is 5.63. The average Bonchev–Trinajstić information content (AvgIpc) is 3.54. The number of rotatable bonds is 5. The number of halogens is 1. The van der Waals surface area contributed by atoms with Crippen molar-refractivity contribution in [2.45, 2.75) is 18.4 Å². The molecule has 0 saturated carbocycles. The van der Waals surface area contributed by atoms with Crippen molar-refractivity contribution < 1.29 is 18.6 Å². The zero-order valence-corrected chi connectivity index (χ0v) is 18.2. The number of ether oxygens (including phenoxy) is 3. The normalized spacial score (nSPS) is 20.7. The maximum absolute atomic E-state index is 13.7. The van der Waals surface area contributed by atoms with Crippen LogP contribution in [0.3, 0.4) is 0 Å². The monoisotopic (exact) mass is 443 g/mol. The van der Waals surface area contributed by atoms with Gasteiger partial charge in [-0.2, -0.15) is 5.10 Å². The van der Waals surface area contributed by atoms with Crippen LogP contribution < -0.4 is 14.4 Å². The number of anilines is 1. The van der Waals surface area contributed by atoms with E-state index in [2.05, 4.69) is 16.1 Å². The number of hydrogen-bond acceptors (Lipinski definition) is 5. The van der Waals surface area contributed by atoms with Crippen molar-refractivity contribution in [2.75, 3.05) is 19.1 Å². The standard InChI is InChI=1S/C26H22FN3O3/c1-31-18-13-7-15(8-14-18)22-21-23(29-28-22)25-26(33-25)30(17-11-9-16(27)10-12-17)24(21)19-5-3-4-6-20(19)32-2/h3-14,24-26H,1-2H3,(H,28,29). The SMILES string of the molecule is COc1ccc(-c2n[nH]c3c2C(c2ccccc2OC)N(c2ccc(F)cc2)C2OC32)cc1. The van der Waals surface area contributed by atoms with Gasteiger partial charge in [-0.25, -0.2) is 4.39 Å². The van der Waals surface area contributed by atoms with Gasteiger partial charge in [-0.3, -0.25) is 5.10 Å². The molecular weight excluding hydrogens is 421 g/mol. The Morgan fingerprint density at radius 2 is 1.70 bits per heavy atom. The smallest absolute Gasteiger partial charge is 0.164 e. The zero-order valence-electron chi connectivity index (χ0n) is 18.2. The van der Waals surface area contributed by atoms with Crippen LogP contribution in [0.1, 0.15) is 29.0 Å². The van der Waals surface area contributed by atoms with Crippen LogP contribution in [0.25, 0.3) is 11.3 Å². The van der Waals surface area contributed by atoms with Crippen molar-refractivity contribution in [1.82, 2.24) is 10.2 Å². The van der Waals surface area contributed by atoms with E-state index in [9.17, 15) is 4.39 Å². The van der Waals surface area contributed by atoms with E-state index in [1.165, 1.54) is 12.1 Å². The summed E-state index contributed by atoms with van der Waals surface area (Å²) in [6.45, 7) is 0. The van der Waals surface area contributed by atoms with Gasteiger partial charge in [0, 0.05) is 22.4 Å². The minimum Gasteiger partial charge on any atom is -0.497 e. The van der Waals surface area contributed by atoms with Crippen LogP contribution in [-0.4, -0.2) is 30.6 Å². The summed E-state index contributed by atoms with van der Waals surface area (Å²) in [5, 5.41) is 7.93. The summed E-state index contributed by atoms with van der Waals surface area (Å²) < 4.78 is 30.9. The van der Waals surface area contributed by atoms with Crippen LogP contribution in [0.4, 0.5) is 10.1 Å². The molecule has 2 aliphatic heterocycles. The van der Waals surface area contributed by atoms with Crippen LogP contribution in [0.2, 0.25) is 0 Å². The summed E-state index contributed by atoms with van der Waals surface area (Å²) in [6.07, 6.45) is -0.308. The average molecular weight is 443 g/mol. The molecule has 1 N–H and O–H groups in total. The first-order valence-electron chi connectivity index (χ1n) is 10.7. The number of aromatic amines is 1. The maximum Gasteiger partial charge on any atom is 0.164 e. The molecule has 166 valence electrons. The van der Waals surface area contributed by atoms with Crippen LogP contribution >= 0.6 is 0 Å². The molecule has 7 heteroatoms. The molecule has 0 spiro atoms. The molecule has 3 heterocycles. The molecule has 0 amide bonds. The third kappa shape index (κ3) is 3.15. The molecule has 3 aromatic carbocycles. The topological polar surface area (TPSA) is 62.9 Å². The molecule has 0 aliphatic carbocycles. The molecule has 1 saturated heterocycles. The lowest BCUT2D eigenvalue weighted by Crippen LogP contribution is -2.36. The van der Waals surface area contributed by atoms with Gasteiger partial charge in [-0.1, -0.05) is 18.2 Å². The van der Waals surface area contributed by atoms with Crippen molar-refractivity contribution in [3.8, 4) is 22.8 Å². The first-order chi connectivity index (χ1) is 16.2. The van der Waals surface area contributed by atoms with Crippen LogP contribution in [-0.2, 0) is 4.74 Å². The summed E-state index contributed by atoms with van der Waals surface area (Å²) in [4.78, 5) is 2.19. The number of H-pyrrole nitrogens is 1. The van der Waals surface area contributed by atoms with E-state index in [1.807, 2.05) is 42.5 Å². The number of para-hydroxylation sites is 1. The van der Waals surface area contributed by atoms with Gasteiger partial charge in [0.15, 0.2) is 6.23 Å². The number of epoxide rings is 1. The van der Waals surface area contributed by atoms with E-state index in [-0.39, 0.29) is 24.2 Å². The second-order valence-electron chi connectivity index (χ2n) is 8.10. The summed E-state index contributed by atoms with van der Waals surface area (Å²) >= 11 is 0. The van der Waals surface area contributed by atoms with Gasteiger partial charge in [0.05, 0.1) is 31.6 Å². The molecule has 6 nitrogen and oxygen atoms in total. The number of fused-ring (bicyclic) bond motifs is 3. The molecule has 0 radical (unpaired) electrons. The Morgan fingerprint density at radius 1 is 0.939 bits per heavy atom. The van der Waals surface area contributed by atoms with Gasteiger partial charge in [0.2, 0.25) is 0 Å². The Kier molecular flexibility index (Phi) is 4.58. The highest BCUT2D eigenvalue weighted by molar-refractivity contribution is 5.71. The molecule has 0 bridgehead atoms. The second-order valence-corrected chi connectivity index (χ2v) is 8.10. The van der Waals surface area contributed by atoms with Crippen molar-refractivity contribution in [2.24, 2.45) is 0 Å². The van der Waals surface area contributed by atoms with Gasteiger partial charge in [0.25, 0.3) is 0 Å². The van der Waals surface area contributed by atoms with Gasteiger partial charge in [-0.05, 0) is 54.6 Å². The Balaban J connectivity index is 1.57. The van der Waals surface area contributed by atoms with E-state index >= 15 is 0 Å². The Labute approximate surface area is 190 Å². The maximum atomic E-state index is 13.7. The van der Waals surface area contributed by atoms with Crippen molar-refractivity contribution in [3.63, 3.8) is 0 Å². The number of aromatic nitrogens is 2. The van der Waals surface area contributed by atoms with Crippen LogP contribution in [0, 0.1) is 5.82 Å². The highest BCUT2D eigenvalue weighted by Crippen LogP contribution is 2.56. The predicted molar refractivity (Wildman–Crippen MR) is 122 cm³/mol. The zero-order chi connectivity index (χ0) is 22.5. The largest absolute Gasteiger partial charge is 0.497 e. The van der Waals surface area contributed by atoms with E-state index in [1.54, 1.807) is 26.4 Å². The highest BCUT2D eigenvalue weighted by atomic mass is 19.1. The third-order valence-electron chi connectivity index (χ3n) is 6.33. The molecule has 4 aromatic rings. The lowest BCUT2D eigenvalue weighted by atomic mass is 9.88. The molecule has 1 aromatic heterocycles. The Hall–Kier alpha value is -3.84. The van der Waals surface area contributed by atoms with E-state index in [0.717, 1.165) is 45.3 Å². The molecule has 2 aliphatic rings. The molecule has 3 unspecified atom stereocenters. The number of nitrogens with zero attached hydrogens (tertiary/aromatic N) is 2. The number of benzene rings is 3. The van der Waals surface area contributed by atoms with Crippen molar-refractivity contribution >= 4 is 5.69 Å². The molecule has 3 atom stereocenters. The molecule has 33 heavy (non-hydrogen) atoms. The van der Waals surface area contributed by atoms with E-state index in [4.69, 9.17) is 19.3 Å². The summed E-state index contributed by atoms with van der Waals surface area (Å²) in [7, 11) is 3.31. The van der Waals surface area contributed by atoms with Crippen LogP contribution in [0.15, 0.2) is 72.8 Å². The van der Waals surface area contributed by atoms with Crippen molar-refractivity contribution in [3.05, 3.63) is 95.4 Å². The van der Waals surface area contributed by atoms with E-state index in [0.29, 0.717) is 0 Å². The van der Waals surface area contributed by atoms with Gasteiger partial charge < -0.3 is 19.1 Å². The molecular formula is C26H22FN3O3. The Morgan fingerprint density at radius 3 is 2.42 bits per heavy atom. The number of methoxy groups -OCH3 is 2. The number of hydrogen-bond donors (Lipinski definition) is 1. The fourth-order valence-corrected chi connectivity index (χ4v) is 4.75. The first kappa shape index (κ1) is 19.8. The third-order valence-corrected chi connectivity index (χ3v) is 6.33. The lowest BCUT2D eigenvalue weighted by molar-refractivity contribution is 0.365. The Bertz CT molecular complexity index is 1300. The number of nitrogens with one attached hydrogen (secondary N) is 1. The lowest BCUT2D eigenvalue weighted by Gasteiger charge is -2.36. The second kappa shape index (κ2) is 7.64. The van der Waals surface area contributed by atoms with Crippen LogP contribution in [0.5, 0.6) is 11.5 Å². The fraction of sp³-hybridized carbons (Fsp3) is 0.192. The molecule has 6 rings (SSSR count). The van der Waals surface area contributed by atoms with Gasteiger partial charge in [0.1, 0.15) is 23.4 Å². The minimum absolute atomic E-state index is 0.129. The quantitative estimate of drug-likeness (QED) is 0.428. The predicted octanol–water partition coefficient (Wildman–Crippen LogP) is 5.24. The molecule has 1 fully saturated rings. The first-order valence-corrected chi connectivity index (χ1v) is 10.7. The highest BCUT2D eigenvalue weighted by Gasteiger charge is 2.56. The van der Waals surface area contributed by atoms with Gasteiger partial charge >= 0.3 is 0 Å². The van der Waals surface area contributed by atoms with Gasteiger partial charge in [-0.15, -0.1) is 0 Å². The summed E-state index contributed by atoms with van der Waals surface area (Å²) in [5.74, 6) is 1.27. The van der Waals surface area contributed by atoms with Crippen molar-refractivity contribution in [1.29, 1.82) is 0 Å². The summed E-state index contributed by atoms with van der Waals surface area (Å²) in [6, 6.07) is 22.1. The van der Waals surface area contributed by atoms with E-state index < -0.39 is 0 Å².